The molecule has 0 aliphatic carbocycles. The first-order valence-electron chi connectivity index (χ1n) is 6.32. The van der Waals surface area contributed by atoms with Gasteiger partial charge >= 0.3 is 0 Å². The second-order valence-electron chi connectivity index (χ2n) is 4.66. The molecule has 0 unspecified atom stereocenters. The van der Waals surface area contributed by atoms with E-state index in [4.69, 9.17) is 11.5 Å². The maximum atomic E-state index is 11.7. The molecular formula is C14H16N4O2S. The van der Waals surface area contributed by atoms with Crippen molar-refractivity contribution < 1.29 is 9.59 Å². The van der Waals surface area contributed by atoms with E-state index in [1.54, 1.807) is 25.1 Å². The first kappa shape index (κ1) is 15.1. The molecule has 110 valence electrons. The van der Waals surface area contributed by atoms with E-state index in [-0.39, 0.29) is 11.7 Å². The Hall–Kier alpha value is -2.25. The zero-order chi connectivity index (χ0) is 15.6. The molecule has 5 N–H and O–H groups in total. The van der Waals surface area contributed by atoms with Gasteiger partial charge < -0.3 is 16.8 Å². The number of hydrogen-bond acceptors (Lipinski definition) is 6. The minimum absolute atomic E-state index is 0.176. The van der Waals surface area contributed by atoms with Crippen molar-refractivity contribution >= 4 is 33.8 Å². The van der Waals surface area contributed by atoms with Crippen LogP contribution < -0.4 is 16.8 Å². The van der Waals surface area contributed by atoms with Crippen LogP contribution >= 0.6 is 11.3 Å². The summed E-state index contributed by atoms with van der Waals surface area (Å²) in [6.07, 6.45) is 0. The summed E-state index contributed by atoms with van der Waals surface area (Å²) in [5.74, 6) is -0.525. The summed E-state index contributed by atoms with van der Waals surface area (Å²) in [6.45, 7) is 3.01. The maximum absolute atomic E-state index is 11.7. The lowest BCUT2D eigenvalue weighted by molar-refractivity contribution is -0.117. The van der Waals surface area contributed by atoms with Crippen molar-refractivity contribution in [1.82, 2.24) is 4.98 Å². The first-order valence-corrected chi connectivity index (χ1v) is 7.14. The van der Waals surface area contributed by atoms with Gasteiger partial charge in [0, 0.05) is 12.6 Å². The van der Waals surface area contributed by atoms with E-state index in [0.29, 0.717) is 21.4 Å². The van der Waals surface area contributed by atoms with Gasteiger partial charge in [-0.3, -0.25) is 9.59 Å². The highest BCUT2D eigenvalue weighted by Gasteiger charge is 2.18. The first-order chi connectivity index (χ1) is 9.88. The van der Waals surface area contributed by atoms with Gasteiger partial charge in [0.15, 0.2) is 10.9 Å². The van der Waals surface area contributed by atoms with Crippen LogP contribution in [-0.4, -0.2) is 22.7 Å². The Kier molecular flexibility index (Phi) is 4.35. The van der Waals surface area contributed by atoms with Crippen LogP contribution in [0.25, 0.3) is 10.4 Å². The molecule has 0 aliphatic heterocycles. The third kappa shape index (κ3) is 3.45. The van der Waals surface area contributed by atoms with E-state index >= 15 is 0 Å². The van der Waals surface area contributed by atoms with Crippen LogP contribution in [0.4, 0.5) is 10.8 Å². The van der Waals surface area contributed by atoms with E-state index in [0.717, 1.165) is 5.56 Å². The number of nitrogens with one attached hydrogen (secondary N) is 1. The molecule has 1 amide bonds. The fourth-order valence-electron chi connectivity index (χ4n) is 1.71. The van der Waals surface area contributed by atoms with E-state index in [1.165, 1.54) is 18.3 Å². The van der Waals surface area contributed by atoms with Crippen molar-refractivity contribution in [3.8, 4) is 10.4 Å². The largest absolute Gasteiger partial charge is 0.399 e. The molecule has 1 atom stereocenters. The number of Topliss-reactive ketones (excluding diaryl/α,β-unsaturated/α-hetero) is 1. The quantitative estimate of drug-likeness (QED) is 0.590. The summed E-state index contributed by atoms with van der Waals surface area (Å²) in [5.41, 5.74) is 13.0. The van der Waals surface area contributed by atoms with Crippen molar-refractivity contribution in [2.45, 2.75) is 19.9 Å². The number of carbonyl (C=O) groups excluding carboxylic acids is 2. The van der Waals surface area contributed by atoms with Crippen LogP contribution in [0.15, 0.2) is 24.3 Å². The van der Waals surface area contributed by atoms with Gasteiger partial charge in [-0.2, -0.15) is 0 Å². The molecule has 2 rings (SSSR count). The Morgan fingerprint density at radius 3 is 2.67 bits per heavy atom. The number of aromatic nitrogens is 1. The molecule has 0 fully saturated rings. The van der Waals surface area contributed by atoms with Gasteiger partial charge in [0.05, 0.1) is 10.9 Å². The zero-order valence-electron chi connectivity index (χ0n) is 11.7. The third-order valence-electron chi connectivity index (χ3n) is 2.75. The molecule has 0 spiro atoms. The fourth-order valence-corrected chi connectivity index (χ4v) is 2.72. The standard InChI is InChI=1S/C14H16N4O2S/c1-7(15)13(20)18-14-17-11(8(2)19)12(21-14)9-4-3-5-10(16)6-9/h3-7H,15-16H2,1-2H3,(H,17,18,20)/t7-/m1/s1. The molecule has 2 aromatic rings. The van der Waals surface area contributed by atoms with E-state index < -0.39 is 6.04 Å². The number of ketones is 1. The molecule has 0 bridgehead atoms. The lowest BCUT2D eigenvalue weighted by atomic mass is 10.1. The number of nitrogens with two attached hydrogens (primary N) is 2. The van der Waals surface area contributed by atoms with Gasteiger partial charge in [-0.1, -0.05) is 23.5 Å². The van der Waals surface area contributed by atoms with Crippen LogP contribution in [0, 0.1) is 0 Å². The number of rotatable bonds is 4. The number of nitrogen functional groups attached to an aromatic ring is 1. The summed E-state index contributed by atoms with van der Waals surface area (Å²) in [7, 11) is 0. The van der Waals surface area contributed by atoms with Gasteiger partial charge in [0.25, 0.3) is 0 Å². The van der Waals surface area contributed by atoms with Crippen LogP contribution in [0.3, 0.4) is 0 Å². The second-order valence-corrected chi connectivity index (χ2v) is 5.66. The van der Waals surface area contributed by atoms with Crippen molar-refractivity contribution in [3.05, 3.63) is 30.0 Å². The zero-order valence-corrected chi connectivity index (χ0v) is 12.5. The molecule has 0 saturated carbocycles. The number of hydrogen-bond donors (Lipinski definition) is 3. The SMILES string of the molecule is CC(=O)c1nc(NC(=O)[C@@H](C)N)sc1-c1cccc(N)c1. The van der Waals surface area contributed by atoms with E-state index in [1.807, 2.05) is 6.07 Å². The molecule has 21 heavy (non-hydrogen) atoms. The monoisotopic (exact) mass is 304 g/mol. The fraction of sp³-hybridized carbons (Fsp3) is 0.214. The summed E-state index contributed by atoms with van der Waals surface area (Å²) >= 11 is 1.22. The van der Waals surface area contributed by atoms with Crippen LogP contribution in [0.5, 0.6) is 0 Å². The van der Waals surface area contributed by atoms with Crippen molar-refractivity contribution in [2.75, 3.05) is 11.1 Å². The Morgan fingerprint density at radius 2 is 2.10 bits per heavy atom. The normalized spacial score (nSPS) is 12.0. The smallest absolute Gasteiger partial charge is 0.242 e. The summed E-state index contributed by atoms with van der Waals surface area (Å²) in [5, 5.41) is 2.95. The van der Waals surface area contributed by atoms with Gasteiger partial charge in [-0.15, -0.1) is 0 Å². The van der Waals surface area contributed by atoms with Gasteiger partial charge in [0.2, 0.25) is 5.91 Å². The van der Waals surface area contributed by atoms with Crippen LogP contribution in [0.1, 0.15) is 24.3 Å². The van der Waals surface area contributed by atoms with Gasteiger partial charge in [-0.25, -0.2) is 4.98 Å². The molecule has 1 aromatic heterocycles. The molecule has 0 aliphatic rings. The predicted molar refractivity (Wildman–Crippen MR) is 84.2 cm³/mol. The topological polar surface area (TPSA) is 111 Å². The molecule has 7 heteroatoms. The van der Waals surface area contributed by atoms with E-state index in [2.05, 4.69) is 10.3 Å². The molecule has 0 radical (unpaired) electrons. The highest BCUT2D eigenvalue weighted by molar-refractivity contribution is 7.19. The lowest BCUT2D eigenvalue weighted by Crippen LogP contribution is -2.32. The Bertz CT molecular complexity index is 694. The minimum Gasteiger partial charge on any atom is -0.399 e. The summed E-state index contributed by atoms with van der Waals surface area (Å²) in [4.78, 5) is 28.2. The van der Waals surface area contributed by atoms with Gasteiger partial charge in [0.1, 0.15) is 5.69 Å². The predicted octanol–water partition coefficient (Wildman–Crippen LogP) is 1.88. The summed E-state index contributed by atoms with van der Waals surface area (Å²) < 4.78 is 0. The minimum atomic E-state index is -0.648. The number of anilines is 2. The van der Waals surface area contributed by atoms with Crippen molar-refractivity contribution in [3.63, 3.8) is 0 Å². The summed E-state index contributed by atoms with van der Waals surface area (Å²) in [6, 6.07) is 6.51. The number of thiazole rings is 1. The Labute approximate surface area is 126 Å². The van der Waals surface area contributed by atoms with Crippen molar-refractivity contribution in [1.29, 1.82) is 0 Å². The van der Waals surface area contributed by atoms with Crippen molar-refractivity contribution in [2.24, 2.45) is 5.73 Å². The number of nitrogens with zero attached hydrogens (tertiary/aromatic N) is 1. The molecular weight excluding hydrogens is 288 g/mol. The van der Waals surface area contributed by atoms with Gasteiger partial charge in [-0.05, 0) is 24.6 Å². The number of carbonyl (C=O) groups is 2. The van der Waals surface area contributed by atoms with Crippen LogP contribution in [-0.2, 0) is 4.79 Å². The number of amides is 1. The second kappa shape index (κ2) is 6.02. The molecule has 6 nitrogen and oxygen atoms in total. The number of benzene rings is 1. The Balaban J connectivity index is 2.43. The highest BCUT2D eigenvalue weighted by Crippen LogP contribution is 2.34. The molecule has 1 aromatic carbocycles. The molecule has 0 saturated heterocycles. The lowest BCUT2D eigenvalue weighted by Gasteiger charge is -2.03. The van der Waals surface area contributed by atoms with E-state index in [9.17, 15) is 9.59 Å². The average Bonchev–Trinajstić information content (AvgIpc) is 2.82. The maximum Gasteiger partial charge on any atom is 0.242 e. The highest BCUT2D eigenvalue weighted by atomic mass is 32.1. The van der Waals surface area contributed by atoms with Crippen LogP contribution in [0.2, 0.25) is 0 Å². The average molecular weight is 304 g/mol. The Morgan fingerprint density at radius 1 is 1.38 bits per heavy atom. The third-order valence-corrected chi connectivity index (χ3v) is 3.77. The molecule has 1 heterocycles.